The van der Waals surface area contributed by atoms with E-state index in [2.05, 4.69) is 23.2 Å². The van der Waals surface area contributed by atoms with Crippen molar-refractivity contribution in [1.29, 1.82) is 0 Å². The Balaban J connectivity index is 1.97. The van der Waals surface area contributed by atoms with Crippen LogP contribution in [0.4, 0.5) is 0 Å². The van der Waals surface area contributed by atoms with Gasteiger partial charge in [0.2, 0.25) is 0 Å². The molecule has 0 aliphatic heterocycles. The highest BCUT2D eigenvalue weighted by Crippen LogP contribution is 2.21. The largest absolute Gasteiger partial charge is 0.316 e. The van der Waals surface area contributed by atoms with E-state index < -0.39 is 0 Å². The second kappa shape index (κ2) is 8.61. The van der Waals surface area contributed by atoms with Gasteiger partial charge in [-0.15, -0.1) is 12.3 Å². The molecule has 0 radical (unpaired) electrons. The zero-order valence-corrected chi connectivity index (χ0v) is 10.7. The van der Waals surface area contributed by atoms with E-state index in [1.165, 1.54) is 45.1 Å². The Bertz CT molecular complexity index is 201. The Morgan fingerprint density at radius 3 is 2.69 bits per heavy atom. The first-order chi connectivity index (χ1) is 7.84. The Morgan fingerprint density at radius 2 is 2.00 bits per heavy atom. The predicted octanol–water partition coefficient (Wildman–Crippen LogP) is 2.25. The molecule has 1 fully saturated rings. The monoisotopic (exact) mass is 222 g/mol. The molecule has 0 aromatic carbocycles. The summed E-state index contributed by atoms with van der Waals surface area (Å²) in [6, 6.07) is 0.847. The van der Waals surface area contributed by atoms with Crippen molar-refractivity contribution in [3.63, 3.8) is 0 Å². The standard InChI is InChI=1S/C14H26N2/c1-3-4-11-15-12-8-13-16(2)14-9-6-5-7-10-14/h1,14-15H,4-13H2,2H3. The molecular formula is C14H26N2. The van der Waals surface area contributed by atoms with Gasteiger partial charge in [0.05, 0.1) is 0 Å². The van der Waals surface area contributed by atoms with Crippen molar-refractivity contribution in [2.24, 2.45) is 0 Å². The molecule has 92 valence electrons. The highest BCUT2D eigenvalue weighted by atomic mass is 15.1. The van der Waals surface area contributed by atoms with Crippen LogP contribution in [-0.4, -0.2) is 37.6 Å². The number of hydrogen-bond donors (Lipinski definition) is 1. The van der Waals surface area contributed by atoms with E-state index in [1.54, 1.807) is 0 Å². The van der Waals surface area contributed by atoms with Crippen molar-refractivity contribution in [3.8, 4) is 12.3 Å². The lowest BCUT2D eigenvalue weighted by molar-refractivity contribution is 0.189. The van der Waals surface area contributed by atoms with Crippen molar-refractivity contribution in [2.75, 3.05) is 26.7 Å². The molecule has 0 aromatic rings. The highest BCUT2D eigenvalue weighted by molar-refractivity contribution is 4.84. The topological polar surface area (TPSA) is 15.3 Å². The number of rotatable bonds is 7. The Hall–Kier alpha value is -0.520. The normalized spacial score (nSPS) is 17.6. The number of hydrogen-bond acceptors (Lipinski definition) is 2. The quantitative estimate of drug-likeness (QED) is 0.525. The van der Waals surface area contributed by atoms with Crippen LogP contribution in [0.3, 0.4) is 0 Å². The van der Waals surface area contributed by atoms with Crippen molar-refractivity contribution in [1.82, 2.24) is 10.2 Å². The van der Waals surface area contributed by atoms with Gasteiger partial charge in [0.25, 0.3) is 0 Å². The minimum Gasteiger partial charge on any atom is -0.316 e. The lowest BCUT2D eigenvalue weighted by Crippen LogP contribution is -2.35. The Labute approximate surface area is 101 Å². The smallest absolute Gasteiger partial charge is 0.0211 e. The molecule has 16 heavy (non-hydrogen) atoms. The van der Waals surface area contributed by atoms with Gasteiger partial charge >= 0.3 is 0 Å². The van der Waals surface area contributed by atoms with Gasteiger partial charge in [-0.2, -0.15) is 0 Å². The first-order valence-corrected chi connectivity index (χ1v) is 6.69. The third-order valence-corrected chi connectivity index (χ3v) is 3.51. The molecule has 0 spiro atoms. The number of nitrogens with one attached hydrogen (secondary N) is 1. The van der Waals surface area contributed by atoms with Crippen molar-refractivity contribution in [3.05, 3.63) is 0 Å². The molecule has 1 saturated carbocycles. The lowest BCUT2D eigenvalue weighted by atomic mass is 9.94. The number of terminal acetylenes is 1. The van der Waals surface area contributed by atoms with E-state index in [9.17, 15) is 0 Å². The van der Waals surface area contributed by atoms with Crippen LogP contribution in [0, 0.1) is 12.3 Å². The Morgan fingerprint density at radius 1 is 1.25 bits per heavy atom. The van der Waals surface area contributed by atoms with Crippen LogP contribution in [0.5, 0.6) is 0 Å². The van der Waals surface area contributed by atoms with Crippen LogP contribution >= 0.6 is 0 Å². The van der Waals surface area contributed by atoms with Crippen LogP contribution < -0.4 is 5.32 Å². The maximum Gasteiger partial charge on any atom is 0.0211 e. The molecule has 2 nitrogen and oxygen atoms in total. The molecule has 0 bridgehead atoms. The molecule has 1 aliphatic rings. The van der Waals surface area contributed by atoms with Crippen LogP contribution in [0.25, 0.3) is 0 Å². The van der Waals surface area contributed by atoms with E-state index in [4.69, 9.17) is 6.42 Å². The van der Waals surface area contributed by atoms with E-state index in [1.807, 2.05) is 0 Å². The van der Waals surface area contributed by atoms with Crippen LogP contribution in [-0.2, 0) is 0 Å². The number of nitrogens with zero attached hydrogens (tertiary/aromatic N) is 1. The minimum atomic E-state index is 0.846. The third-order valence-electron chi connectivity index (χ3n) is 3.51. The van der Waals surface area contributed by atoms with Crippen molar-refractivity contribution >= 4 is 0 Å². The molecule has 1 aliphatic carbocycles. The maximum absolute atomic E-state index is 5.19. The molecule has 0 amide bonds. The average Bonchev–Trinajstić information content (AvgIpc) is 2.34. The van der Waals surface area contributed by atoms with Crippen LogP contribution in [0.2, 0.25) is 0 Å². The fourth-order valence-corrected chi connectivity index (χ4v) is 2.44. The summed E-state index contributed by atoms with van der Waals surface area (Å²) in [6.07, 6.45) is 14.4. The summed E-state index contributed by atoms with van der Waals surface area (Å²) >= 11 is 0. The van der Waals surface area contributed by atoms with Gasteiger partial charge in [-0.1, -0.05) is 19.3 Å². The summed E-state index contributed by atoms with van der Waals surface area (Å²) in [5.74, 6) is 2.65. The lowest BCUT2D eigenvalue weighted by Gasteiger charge is -2.31. The molecule has 1 rings (SSSR count). The first-order valence-electron chi connectivity index (χ1n) is 6.69. The van der Waals surface area contributed by atoms with Gasteiger partial charge in [0.15, 0.2) is 0 Å². The fraction of sp³-hybridized carbons (Fsp3) is 0.857. The molecular weight excluding hydrogens is 196 g/mol. The highest BCUT2D eigenvalue weighted by Gasteiger charge is 2.16. The van der Waals surface area contributed by atoms with Crippen LogP contribution in [0.15, 0.2) is 0 Å². The Kier molecular flexibility index (Phi) is 7.29. The summed E-state index contributed by atoms with van der Waals surface area (Å²) in [5.41, 5.74) is 0. The second-order valence-electron chi connectivity index (χ2n) is 4.83. The molecule has 1 N–H and O–H groups in total. The van der Waals surface area contributed by atoms with Crippen LogP contribution in [0.1, 0.15) is 44.9 Å². The van der Waals surface area contributed by atoms with E-state index >= 15 is 0 Å². The van der Waals surface area contributed by atoms with E-state index in [0.29, 0.717) is 0 Å². The fourth-order valence-electron chi connectivity index (χ4n) is 2.44. The molecule has 0 atom stereocenters. The summed E-state index contributed by atoms with van der Waals surface area (Å²) in [5, 5.41) is 3.38. The SMILES string of the molecule is C#CCCNCCCN(C)C1CCCCC1. The van der Waals surface area contributed by atoms with Crippen molar-refractivity contribution in [2.45, 2.75) is 51.0 Å². The molecule has 0 heterocycles. The molecule has 0 unspecified atom stereocenters. The summed E-state index contributed by atoms with van der Waals surface area (Å²) in [6.45, 7) is 3.27. The predicted molar refractivity (Wildman–Crippen MR) is 70.4 cm³/mol. The third kappa shape index (κ3) is 5.53. The van der Waals surface area contributed by atoms with Gasteiger partial charge < -0.3 is 10.2 Å². The molecule has 0 aromatic heterocycles. The molecule has 0 saturated heterocycles. The van der Waals surface area contributed by atoms with Gasteiger partial charge in [-0.05, 0) is 39.4 Å². The summed E-state index contributed by atoms with van der Waals surface area (Å²) in [4.78, 5) is 2.54. The second-order valence-corrected chi connectivity index (χ2v) is 4.83. The van der Waals surface area contributed by atoms with Gasteiger partial charge in [-0.3, -0.25) is 0 Å². The zero-order chi connectivity index (χ0) is 11.6. The average molecular weight is 222 g/mol. The van der Waals surface area contributed by atoms with E-state index in [-0.39, 0.29) is 0 Å². The van der Waals surface area contributed by atoms with Crippen molar-refractivity contribution < 1.29 is 0 Å². The first kappa shape index (κ1) is 13.5. The zero-order valence-electron chi connectivity index (χ0n) is 10.7. The minimum absolute atomic E-state index is 0.846. The summed E-state index contributed by atoms with van der Waals surface area (Å²) in [7, 11) is 2.28. The van der Waals surface area contributed by atoms with Gasteiger partial charge in [0.1, 0.15) is 0 Å². The van der Waals surface area contributed by atoms with Gasteiger partial charge in [-0.25, -0.2) is 0 Å². The molecule has 2 heteroatoms. The van der Waals surface area contributed by atoms with E-state index in [0.717, 1.165) is 25.6 Å². The summed E-state index contributed by atoms with van der Waals surface area (Å²) < 4.78 is 0. The maximum atomic E-state index is 5.19. The van der Waals surface area contributed by atoms with Gasteiger partial charge in [0, 0.05) is 19.0 Å².